The Morgan fingerprint density at radius 1 is 1.14 bits per heavy atom. The summed E-state index contributed by atoms with van der Waals surface area (Å²) < 4.78 is 0.510. The van der Waals surface area contributed by atoms with Crippen LogP contribution in [-0.4, -0.2) is 21.8 Å². The fourth-order valence-corrected chi connectivity index (χ4v) is 2.76. The highest BCUT2D eigenvalue weighted by atomic mass is 79.9. The van der Waals surface area contributed by atoms with Gasteiger partial charge in [0.1, 0.15) is 5.75 Å². The fraction of sp³-hybridized carbons (Fsp3) is 0.0667. The predicted molar refractivity (Wildman–Crippen MR) is 80.9 cm³/mol. The molecule has 5 nitrogen and oxygen atoms in total. The van der Waals surface area contributed by atoms with Crippen molar-refractivity contribution in [2.24, 2.45) is 0 Å². The first kappa shape index (κ1) is 13.6. The van der Waals surface area contributed by atoms with Crippen molar-refractivity contribution in [1.29, 1.82) is 0 Å². The molecule has 3 N–H and O–H groups in total. The number of fused-ring (bicyclic) bond motifs is 1. The molecule has 0 atom stereocenters. The van der Waals surface area contributed by atoms with Crippen molar-refractivity contribution in [3.8, 4) is 5.75 Å². The number of halogens is 1. The van der Waals surface area contributed by atoms with Gasteiger partial charge in [0.25, 0.3) is 11.8 Å². The summed E-state index contributed by atoms with van der Waals surface area (Å²) in [7, 11) is 0. The largest absolute Gasteiger partial charge is 0.507 e. The van der Waals surface area contributed by atoms with Crippen LogP contribution in [-0.2, 0) is 6.54 Å². The van der Waals surface area contributed by atoms with E-state index in [9.17, 15) is 14.7 Å². The van der Waals surface area contributed by atoms with Gasteiger partial charge in [-0.25, -0.2) is 0 Å². The van der Waals surface area contributed by atoms with Gasteiger partial charge in [0.15, 0.2) is 0 Å². The highest BCUT2D eigenvalue weighted by molar-refractivity contribution is 9.10. The first-order valence-corrected chi connectivity index (χ1v) is 7.00. The number of benzene rings is 2. The van der Waals surface area contributed by atoms with Crippen molar-refractivity contribution in [3.05, 3.63) is 57.6 Å². The van der Waals surface area contributed by atoms with Gasteiger partial charge < -0.3 is 10.8 Å². The van der Waals surface area contributed by atoms with Crippen molar-refractivity contribution in [1.82, 2.24) is 4.90 Å². The van der Waals surface area contributed by atoms with Crippen molar-refractivity contribution in [2.75, 3.05) is 5.73 Å². The third-order valence-electron chi connectivity index (χ3n) is 3.38. The van der Waals surface area contributed by atoms with Crippen molar-refractivity contribution >= 4 is 33.4 Å². The molecular weight excluding hydrogens is 336 g/mol. The van der Waals surface area contributed by atoms with Gasteiger partial charge in [-0.15, -0.1) is 0 Å². The van der Waals surface area contributed by atoms with E-state index < -0.39 is 5.91 Å². The molecule has 0 fully saturated rings. The zero-order valence-corrected chi connectivity index (χ0v) is 12.4. The molecule has 0 aromatic heterocycles. The summed E-state index contributed by atoms with van der Waals surface area (Å²) in [5.41, 5.74) is 7.41. The molecule has 2 aromatic rings. The van der Waals surface area contributed by atoms with Crippen LogP contribution >= 0.6 is 15.9 Å². The molecule has 0 unspecified atom stereocenters. The van der Waals surface area contributed by atoms with Gasteiger partial charge in [-0.3, -0.25) is 14.5 Å². The minimum atomic E-state index is -0.391. The van der Waals surface area contributed by atoms with Gasteiger partial charge in [-0.1, -0.05) is 12.1 Å². The topological polar surface area (TPSA) is 83.6 Å². The zero-order valence-electron chi connectivity index (χ0n) is 10.8. The molecule has 6 heteroatoms. The lowest BCUT2D eigenvalue weighted by atomic mass is 10.1. The quantitative estimate of drug-likeness (QED) is 0.646. The van der Waals surface area contributed by atoms with E-state index in [-0.39, 0.29) is 23.8 Å². The number of hydrogen-bond acceptors (Lipinski definition) is 4. The van der Waals surface area contributed by atoms with Crippen LogP contribution < -0.4 is 5.73 Å². The third-order valence-corrected chi connectivity index (χ3v) is 4.02. The number of phenols is 1. The molecule has 2 aromatic carbocycles. The molecule has 0 spiro atoms. The number of imide groups is 1. The first-order valence-electron chi connectivity index (χ1n) is 6.21. The summed E-state index contributed by atoms with van der Waals surface area (Å²) in [6, 6.07) is 9.69. The van der Waals surface area contributed by atoms with Crippen LogP contribution in [0.2, 0.25) is 0 Å². The van der Waals surface area contributed by atoms with E-state index in [1.807, 2.05) is 0 Å². The summed E-state index contributed by atoms with van der Waals surface area (Å²) in [6.07, 6.45) is 0. The molecule has 1 aliphatic heterocycles. The minimum absolute atomic E-state index is 0.102. The van der Waals surface area contributed by atoms with E-state index in [0.29, 0.717) is 15.7 Å². The monoisotopic (exact) mass is 346 g/mol. The second-order valence-electron chi connectivity index (χ2n) is 4.75. The molecule has 0 saturated carbocycles. The number of carbonyl (C=O) groups excluding carboxylic acids is 2. The lowest BCUT2D eigenvalue weighted by molar-refractivity contribution is 0.0642. The zero-order chi connectivity index (χ0) is 15.1. The van der Waals surface area contributed by atoms with Crippen LogP contribution in [0.25, 0.3) is 0 Å². The second kappa shape index (κ2) is 4.89. The molecule has 1 heterocycles. The second-order valence-corrected chi connectivity index (χ2v) is 5.61. The Kier molecular flexibility index (Phi) is 3.17. The molecular formula is C15H11BrN2O3. The number of nitrogens with two attached hydrogens (primary N) is 1. The first-order chi connectivity index (χ1) is 9.99. The van der Waals surface area contributed by atoms with Crippen LogP contribution in [0.3, 0.4) is 0 Å². The molecule has 3 rings (SSSR count). The number of rotatable bonds is 2. The average Bonchev–Trinajstić information content (AvgIpc) is 2.69. The average molecular weight is 347 g/mol. The van der Waals surface area contributed by atoms with Gasteiger partial charge in [-0.05, 0) is 45.8 Å². The number of nitrogen functional groups attached to an aromatic ring is 1. The SMILES string of the molecule is Nc1cccc2c1C(=O)N(Cc1ccc(O)c(Br)c1)C2=O. The Morgan fingerprint density at radius 3 is 2.57 bits per heavy atom. The number of nitrogens with zero attached hydrogens (tertiary/aromatic N) is 1. The molecule has 0 bridgehead atoms. The van der Waals surface area contributed by atoms with Gasteiger partial charge in [0.2, 0.25) is 0 Å². The van der Waals surface area contributed by atoms with Gasteiger partial charge >= 0.3 is 0 Å². The number of anilines is 1. The van der Waals surface area contributed by atoms with E-state index in [0.717, 1.165) is 10.5 Å². The summed E-state index contributed by atoms with van der Waals surface area (Å²) in [5.74, 6) is -0.644. The van der Waals surface area contributed by atoms with E-state index in [4.69, 9.17) is 5.73 Å². The van der Waals surface area contributed by atoms with Gasteiger partial charge in [0.05, 0.1) is 22.1 Å². The Labute approximate surface area is 129 Å². The van der Waals surface area contributed by atoms with E-state index in [1.165, 1.54) is 6.07 Å². The van der Waals surface area contributed by atoms with Gasteiger partial charge in [-0.2, -0.15) is 0 Å². The maximum atomic E-state index is 12.3. The molecule has 1 aliphatic rings. The van der Waals surface area contributed by atoms with E-state index in [1.54, 1.807) is 30.3 Å². The number of phenolic OH excluding ortho intramolecular Hbond substituents is 1. The molecule has 106 valence electrons. The standard InChI is InChI=1S/C15H11BrN2O3/c16-10-6-8(4-5-12(10)19)7-18-14(20)9-2-1-3-11(17)13(9)15(18)21/h1-6,19H,7,17H2. The van der Waals surface area contributed by atoms with Crippen LogP contribution in [0.5, 0.6) is 5.75 Å². The summed E-state index contributed by atoms with van der Waals surface area (Å²) in [6.45, 7) is 0.130. The normalized spacial score (nSPS) is 13.7. The number of hydrogen-bond donors (Lipinski definition) is 2. The molecule has 0 aliphatic carbocycles. The van der Waals surface area contributed by atoms with Crippen LogP contribution in [0, 0.1) is 0 Å². The Bertz CT molecular complexity index is 774. The fourth-order valence-electron chi connectivity index (χ4n) is 2.33. The van der Waals surface area contributed by atoms with Crippen LogP contribution in [0.15, 0.2) is 40.9 Å². The van der Waals surface area contributed by atoms with E-state index in [2.05, 4.69) is 15.9 Å². The van der Waals surface area contributed by atoms with Crippen LogP contribution in [0.1, 0.15) is 26.3 Å². The molecule has 0 radical (unpaired) electrons. The Morgan fingerprint density at radius 2 is 1.90 bits per heavy atom. The number of carbonyl (C=O) groups is 2. The molecule has 2 amide bonds. The lowest BCUT2D eigenvalue weighted by Gasteiger charge is -2.14. The van der Waals surface area contributed by atoms with Crippen molar-refractivity contribution in [2.45, 2.75) is 6.54 Å². The summed E-state index contributed by atoms with van der Waals surface area (Å²) in [4.78, 5) is 25.8. The predicted octanol–water partition coefficient (Wildman–Crippen LogP) is 2.53. The molecule has 0 saturated heterocycles. The highest BCUT2D eigenvalue weighted by Crippen LogP contribution is 2.30. The minimum Gasteiger partial charge on any atom is -0.507 e. The maximum absolute atomic E-state index is 12.3. The molecule has 21 heavy (non-hydrogen) atoms. The van der Waals surface area contributed by atoms with Crippen LogP contribution in [0.4, 0.5) is 5.69 Å². The maximum Gasteiger partial charge on any atom is 0.263 e. The van der Waals surface area contributed by atoms with Crippen molar-refractivity contribution < 1.29 is 14.7 Å². The summed E-state index contributed by atoms with van der Waals surface area (Å²) >= 11 is 3.21. The van der Waals surface area contributed by atoms with E-state index >= 15 is 0 Å². The third kappa shape index (κ3) is 2.17. The Hall–Kier alpha value is -2.34. The van der Waals surface area contributed by atoms with Crippen molar-refractivity contribution in [3.63, 3.8) is 0 Å². The summed E-state index contributed by atoms with van der Waals surface area (Å²) in [5, 5.41) is 9.48. The smallest absolute Gasteiger partial charge is 0.263 e. The number of amides is 2. The van der Waals surface area contributed by atoms with Gasteiger partial charge in [0, 0.05) is 5.69 Å². The number of aromatic hydroxyl groups is 1. The lowest BCUT2D eigenvalue weighted by Crippen LogP contribution is -2.29. The highest BCUT2D eigenvalue weighted by Gasteiger charge is 2.36. The Balaban J connectivity index is 1.95.